The van der Waals surface area contributed by atoms with Crippen LogP contribution >= 0.6 is 0 Å². The zero-order valence-electron chi connectivity index (χ0n) is 6.80. The number of rotatable bonds is 2. The van der Waals surface area contributed by atoms with Gasteiger partial charge in [0.05, 0.1) is 10.6 Å². The van der Waals surface area contributed by atoms with E-state index in [1.807, 2.05) is 0 Å². The number of phenols is 1. The first-order valence-electron chi connectivity index (χ1n) is 3.43. The summed E-state index contributed by atoms with van der Waals surface area (Å²) in [5.41, 5.74) is 3.78. The number of hydrogen-bond donors (Lipinski definition) is 3. The molecule has 0 fully saturated rings. The predicted octanol–water partition coefficient (Wildman–Crippen LogP) is 0.581. The van der Waals surface area contributed by atoms with Gasteiger partial charge in [-0.1, -0.05) is 0 Å². The van der Waals surface area contributed by atoms with Crippen LogP contribution in [0.25, 0.3) is 0 Å². The topological polar surface area (TPSA) is 127 Å². The molecule has 0 spiro atoms. The van der Waals surface area contributed by atoms with E-state index in [9.17, 15) is 14.9 Å². The van der Waals surface area contributed by atoms with Crippen molar-refractivity contribution in [2.45, 2.75) is 0 Å². The number of aromatic carboxylic acids is 1. The quantitative estimate of drug-likeness (QED) is 0.276. The second-order valence-electron chi connectivity index (χ2n) is 2.49. The van der Waals surface area contributed by atoms with Gasteiger partial charge in [0, 0.05) is 12.1 Å². The van der Waals surface area contributed by atoms with Gasteiger partial charge in [-0.2, -0.15) is 0 Å². The van der Waals surface area contributed by atoms with Gasteiger partial charge in [-0.25, -0.2) is 4.79 Å². The lowest BCUT2D eigenvalue weighted by Gasteiger charge is -2.02. The molecule has 1 rings (SSSR count). The van der Waals surface area contributed by atoms with E-state index in [-0.39, 0.29) is 5.69 Å². The number of non-ortho nitro benzene ring substituents is 1. The standard InChI is InChI=1S/C7H6N2O5/c8-5-2-3(9(13)14)1-4(6(5)10)7(11)12/h1-2,10H,8H2,(H,11,12). The number of nitrogen functional groups attached to an aromatic ring is 1. The molecular weight excluding hydrogens is 192 g/mol. The Bertz CT molecular complexity index is 415. The van der Waals surface area contributed by atoms with E-state index in [2.05, 4.69) is 0 Å². The van der Waals surface area contributed by atoms with Crippen molar-refractivity contribution < 1.29 is 19.9 Å². The number of anilines is 1. The SMILES string of the molecule is Nc1cc([N+](=O)[O-])cc(C(=O)O)c1O. The summed E-state index contributed by atoms with van der Waals surface area (Å²) in [5, 5.41) is 28.0. The number of nitrogens with two attached hydrogens (primary N) is 1. The predicted molar refractivity (Wildman–Crippen MR) is 46.1 cm³/mol. The van der Waals surface area contributed by atoms with Crippen molar-refractivity contribution in [1.29, 1.82) is 0 Å². The summed E-state index contributed by atoms with van der Waals surface area (Å²) in [6.45, 7) is 0. The second-order valence-corrected chi connectivity index (χ2v) is 2.49. The number of benzene rings is 1. The Hall–Kier alpha value is -2.31. The lowest BCUT2D eigenvalue weighted by molar-refractivity contribution is -0.384. The van der Waals surface area contributed by atoms with Crippen LogP contribution in [-0.2, 0) is 0 Å². The largest absolute Gasteiger partial charge is 0.505 e. The van der Waals surface area contributed by atoms with Gasteiger partial charge < -0.3 is 15.9 Å². The number of nitro benzene ring substituents is 1. The molecule has 0 aromatic heterocycles. The van der Waals surface area contributed by atoms with Crippen molar-refractivity contribution >= 4 is 17.3 Å². The molecule has 0 aliphatic heterocycles. The van der Waals surface area contributed by atoms with Gasteiger partial charge in [-0.15, -0.1) is 0 Å². The van der Waals surface area contributed by atoms with Crippen molar-refractivity contribution in [2.24, 2.45) is 0 Å². The number of aromatic hydroxyl groups is 1. The molecule has 14 heavy (non-hydrogen) atoms. The Morgan fingerprint density at radius 2 is 2.07 bits per heavy atom. The minimum atomic E-state index is -1.47. The van der Waals surface area contributed by atoms with Crippen LogP contribution in [0.1, 0.15) is 10.4 Å². The number of hydrogen-bond acceptors (Lipinski definition) is 5. The van der Waals surface area contributed by atoms with Gasteiger partial charge in [0.2, 0.25) is 0 Å². The molecule has 0 aliphatic rings. The number of carboxylic acids is 1. The number of nitrogens with zero attached hydrogens (tertiary/aromatic N) is 1. The zero-order valence-corrected chi connectivity index (χ0v) is 6.80. The van der Waals surface area contributed by atoms with E-state index in [1.54, 1.807) is 0 Å². The maximum atomic E-state index is 10.5. The molecule has 0 radical (unpaired) electrons. The highest BCUT2D eigenvalue weighted by molar-refractivity contribution is 5.94. The Kier molecular flexibility index (Phi) is 2.24. The third kappa shape index (κ3) is 1.56. The first-order valence-corrected chi connectivity index (χ1v) is 3.43. The van der Waals surface area contributed by atoms with Gasteiger partial charge >= 0.3 is 5.97 Å². The summed E-state index contributed by atoms with van der Waals surface area (Å²) in [6, 6.07) is 1.63. The number of carboxylic acid groups (broad SMARTS) is 1. The van der Waals surface area contributed by atoms with Crippen LogP contribution in [0.2, 0.25) is 0 Å². The second kappa shape index (κ2) is 3.21. The van der Waals surface area contributed by atoms with E-state index in [0.717, 1.165) is 12.1 Å². The highest BCUT2D eigenvalue weighted by Crippen LogP contribution is 2.30. The molecule has 7 nitrogen and oxygen atoms in total. The third-order valence-corrected chi connectivity index (χ3v) is 1.57. The molecule has 1 aromatic rings. The summed E-state index contributed by atoms with van der Waals surface area (Å²) in [6.07, 6.45) is 0. The first-order chi connectivity index (χ1) is 6.43. The first kappa shape index (κ1) is 9.78. The average molecular weight is 198 g/mol. The third-order valence-electron chi connectivity index (χ3n) is 1.57. The van der Waals surface area contributed by atoms with Crippen LogP contribution < -0.4 is 5.73 Å². The summed E-state index contributed by atoms with van der Waals surface area (Å²) < 4.78 is 0. The molecule has 0 saturated heterocycles. The minimum Gasteiger partial charge on any atom is -0.505 e. The Balaban J connectivity index is 3.43. The van der Waals surface area contributed by atoms with Crippen LogP contribution in [-0.4, -0.2) is 21.1 Å². The van der Waals surface area contributed by atoms with E-state index < -0.39 is 27.9 Å². The Morgan fingerprint density at radius 3 is 2.50 bits per heavy atom. The van der Waals surface area contributed by atoms with Crippen LogP contribution in [0.3, 0.4) is 0 Å². The van der Waals surface area contributed by atoms with Gasteiger partial charge in [0.15, 0.2) is 5.75 Å². The molecule has 0 unspecified atom stereocenters. The monoisotopic (exact) mass is 198 g/mol. The Labute approximate surface area is 77.5 Å². The fraction of sp³-hybridized carbons (Fsp3) is 0. The maximum absolute atomic E-state index is 10.5. The lowest BCUT2D eigenvalue weighted by Crippen LogP contribution is -2.01. The molecule has 7 heteroatoms. The zero-order chi connectivity index (χ0) is 10.9. The molecular formula is C7H6N2O5. The van der Waals surface area contributed by atoms with Gasteiger partial charge in [-0.3, -0.25) is 10.1 Å². The Morgan fingerprint density at radius 1 is 1.50 bits per heavy atom. The molecule has 0 heterocycles. The molecule has 0 aliphatic carbocycles. The van der Waals surface area contributed by atoms with Crippen molar-refractivity contribution in [3.63, 3.8) is 0 Å². The van der Waals surface area contributed by atoms with Gasteiger partial charge in [-0.05, 0) is 0 Å². The highest BCUT2D eigenvalue weighted by atomic mass is 16.6. The highest BCUT2D eigenvalue weighted by Gasteiger charge is 2.18. The summed E-state index contributed by atoms with van der Waals surface area (Å²) in [5.74, 6) is -2.14. The van der Waals surface area contributed by atoms with Crippen molar-refractivity contribution in [3.8, 4) is 5.75 Å². The van der Waals surface area contributed by atoms with E-state index in [0.29, 0.717) is 0 Å². The molecule has 0 amide bonds. The smallest absolute Gasteiger partial charge is 0.339 e. The van der Waals surface area contributed by atoms with Gasteiger partial charge in [0.1, 0.15) is 5.56 Å². The van der Waals surface area contributed by atoms with E-state index in [1.165, 1.54) is 0 Å². The van der Waals surface area contributed by atoms with Crippen molar-refractivity contribution in [1.82, 2.24) is 0 Å². The molecule has 4 N–H and O–H groups in total. The summed E-state index contributed by atoms with van der Waals surface area (Å²) in [7, 11) is 0. The van der Waals surface area contributed by atoms with Crippen LogP contribution in [0.15, 0.2) is 12.1 Å². The van der Waals surface area contributed by atoms with Crippen molar-refractivity contribution in [3.05, 3.63) is 27.8 Å². The number of nitro groups is 1. The average Bonchev–Trinajstić information content (AvgIpc) is 2.08. The molecule has 0 atom stereocenters. The molecule has 0 bridgehead atoms. The maximum Gasteiger partial charge on any atom is 0.339 e. The summed E-state index contributed by atoms with van der Waals surface area (Å²) in [4.78, 5) is 20.0. The molecule has 74 valence electrons. The van der Waals surface area contributed by atoms with Crippen molar-refractivity contribution in [2.75, 3.05) is 5.73 Å². The fourth-order valence-electron chi connectivity index (χ4n) is 0.910. The van der Waals surface area contributed by atoms with Gasteiger partial charge in [0.25, 0.3) is 5.69 Å². The van der Waals surface area contributed by atoms with Crippen LogP contribution in [0, 0.1) is 10.1 Å². The number of carbonyl (C=O) groups is 1. The molecule has 1 aromatic carbocycles. The van der Waals surface area contributed by atoms with Crippen LogP contribution in [0.5, 0.6) is 5.75 Å². The van der Waals surface area contributed by atoms with E-state index in [4.69, 9.17) is 15.9 Å². The summed E-state index contributed by atoms with van der Waals surface area (Å²) >= 11 is 0. The van der Waals surface area contributed by atoms with E-state index >= 15 is 0 Å². The lowest BCUT2D eigenvalue weighted by atomic mass is 10.1. The normalized spacial score (nSPS) is 9.71. The fourth-order valence-corrected chi connectivity index (χ4v) is 0.910. The van der Waals surface area contributed by atoms with Crippen LogP contribution in [0.4, 0.5) is 11.4 Å². The molecule has 0 saturated carbocycles. The minimum absolute atomic E-state index is 0.336.